The molecule has 0 saturated heterocycles. The topological polar surface area (TPSA) is 116 Å². The summed E-state index contributed by atoms with van der Waals surface area (Å²) in [5, 5.41) is 7.74. The van der Waals surface area contributed by atoms with Crippen molar-refractivity contribution >= 4 is 28.3 Å². The number of fused-ring (bicyclic) bond motifs is 3. The number of thiophene rings is 1. The fraction of sp³-hybridized carbons (Fsp3) is 0.438. The van der Waals surface area contributed by atoms with Crippen LogP contribution in [0.2, 0.25) is 0 Å². The predicted octanol–water partition coefficient (Wildman–Crippen LogP) is 2.41. The Labute approximate surface area is 143 Å². The van der Waals surface area contributed by atoms with E-state index in [-0.39, 0.29) is 0 Å². The average molecular weight is 345 g/mol. The molecule has 8 heteroatoms. The summed E-state index contributed by atoms with van der Waals surface area (Å²) in [4.78, 5) is 24.1. The predicted molar refractivity (Wildman–Crippen MR) is 92.2 cm³/mol. The van der Waals surface area contributed by atoms with E-state index in [0.29, 0.717) is 23.0 Å². The lowest BCUT2D eigenvalue weighted by Gasteiger charge is -2.11. The van der Waals surface area contributed by atoms with Gasteiger partial charge in [0.15, 0.2) is 0 Å². The maximum absolute atomic E-state index is 11.9. The minimum atomic E-state index is -0.696. The molecule has 2 aliphatic carbocycles. The zero-order valence-electron chi connectivity index (χ0n) is 13.2. The summed E-state index contributed by atoms with van der Waals surface area (Å²) in [5.41, 5.74) is 14.1. The minimum Gasteiger partial charge on any atom is -0.365 e. The third-order valence-corrected chi connectivity index (χ3v) is 6.03. The van der Waals surface area contributed by atoms with Crippen molar-refractivity contribution in [2.24, 2.45) is 11.5 Å². The SMILES string of the molecule is NC(=O)Nc1sc2c(c1C(N)=O)CCc1nn(C3CCCC3)cc1-2. The quantitative estimate of drug-likeness (QED) is 0.793. The van der Waals surface area contributed by atoms with Gasteiger partial charge in [0.05, 0.1) is 17.3 Å². The highest BCUT2D eigenvalue weighted by Gasteiger charge is 2.30. The van der Waals surface area contributed by atoms with Crippen molar-refractivity contribution in [3.8, 4) is 10.4 Å². The largest absolute Gasteiger partial charge is 0.365 e. The van der Waals surface area contributed by atoms with Gasteiger partial charge < -0.3 is 11.5 Å². The Morgan fingerprint density at radius 3 is 2.67 bits per heavy atom. The number of nitrogens with one attached hydrogen (secondary N) is 1. The van der Waals surface area contributed by atoms with Crippen LogP contribution in [0.5, 0.6) is 0 Å². The molecule has 7 nitrogen and oxygen atoms in total. The number of hydrogen-bond acceptors (Lipinski definition) is 4. The Hall–Kier alpha value is -2.35. The molecule has 2 heterocycles. The number of anilines is 1. The third-order valence-electron chi connectivity index (χ3n) is 4.85. The highest BCUT2D eigenvalue weighted by Crippen LogP contribution is 2.45. The van der Waals surface area contributed by atoms with Crippen molar-refractivity contribution in [1.82, 2.24) is 9.78 Å². The number of carbonyl (C=O) groups excluding carboxylic acids is 2. The van der Waals surface area contributed by atoms with Crippen LogP contribution in [-0.4, -0.2) is 21.7 Å². The standard InChI is InChI=1S/C16H19N5O2S/c17-14(22)12-9-5-6-11-10(13(9)24-15(12)19-16(18)23)7-21(20-11)8-3-1-2-4-8/h7-8H,1-6H2,(H2,17,22)(H3,18,19,23). The monoisotopic (exact) mass is 345 g/mol. The van der Waals surface area contributed by atoms with E-state index in [2.05, 4.69) is 16.2 Å². The molecule has 3 amide bonds. The fourth-order valence-electron chi connectivity index (χ4n) is 3.78. The van der Waals surface area contributed by atoms with Gasteiger partial charge in [-0.25, -0.2) is 4.79 Å². The van der Waals surface area contributed by atoms with Gasteiger partial charge in [-0.2, -0.15) is 5.10 Å². The molecular weight excluding hydrogens is 326 g/mol. The van der Waals surface area contributed by atoms with Crippen molar-refractivity contribution in [3.63, 3.8) is 0 Å². The molecule has 2 aliphatic rings. The van der Waals surface area contributed by atoms with Crippen LogP contribution in [0.3, 0.4) is 0 Å². The molecule has 0 radical (unpaired) electrons. The van der Waals surface area contributed by atoms with Gasteiger partial charge in [-0.05, 0) is 31.2 Å². The average Bonchev–Trinajstić information content (AvgIpc) is 3.22. The summed E-state index contributed by atoms with van der Waals surface area (Å²) in [6, 6.07) is -0.226. The molecule has 0 spiro atoms. The lowest BCUT2D eigenvalue weighted by atomic mass is 9.94. The fourth-order valence-corrected chi connectivity index (χ4v) is 5.07. The smallest absolute Gasteiger partial charge is 0.317 e. The number of carbonyl (C=O) groups is 2. The van der Waals surface area contributed by atoms with Gasteiger partial charge in [-0.15, -0.1) is 11.3 Å². The molecule has 1 saturated carbocycles. The summed E-state index contributed by atoms with van der Waals surface area (Å²) >= 11 is 1.35. The van der Waals surface area contributed by atoms with Crippen LogP contribution < -0.4 is 16.8 Å². The number of amides is 3. The van der Waals surface area contributed by atoms with Gasteiger partial charge in [0.25, 0.3) is 5.91 Å². The van der Waals surface area contributed by atoms with Gasteiger partial charge in [-0.3, -0.25) is 14.8 Å². The normalized spacial score (nSPS) is 16.7. The van der Waals surface area contributed by atoms with Crippen LogP contribution in [0.1, 0.15) is 53.3 Å². The highest BCUT2D eigenvalue weighted by molar-refractivity contribution is 7.20. The zero-order valence-corrected chi connectivity index (χ0v) is 14.0. The van der Waals surface area contributed by atoms with E-state index in [4.69, 9.17) is 16.6 Å². The molecule has 24 heavy (non-hydrogen) atoms. The molecule has 0 atom stereocenters. The molecule has 0 aromatic carbocycles. The second kappa shape index (κ2) is 5.62. The van der Waals surface area contributed by atoms with Gasteiger partial charge in [0.2, 0.25) is 0 Å². The van der Waals surface area contributed by atoms with Crippen LogP contribution >= 0.6 is 11.3 Å². The molecule has 0 unspecified atom stereocenters. The highest BCUT2D eigenvalue weighted by atomic mass is 32.1. The summed E-state index contributed by atoms with van der Waals surface area (Å²) in [6.07, 6.45) is 8.38. The van der Waals surface area contributed by atoms with E-state index in [1.807, 2.05) is 0 Å². The molecule has 1 fully saturated rings. The first-order valence-electron chi connectivity index (χ1n) is 8.15. The molecule has 5 N–H and O–H groups in total. The Kier molecular flexibility index (Phi) is 3.56. The molecule has 4 rings (SSSR count). The number of urea groups is 1. The van der Waals surface area contributed by atoms with E-state index in [1.165, 1.54) is 37.0 Å². The second-order valence-corrected chi connectivity index (χ2v) is 7.40. The Balaban J connectivity index is 1.80. The number of rotatable bonds is 3. The van der Waals surface area contributed by atoms with Crippen LogP contribution in [0.4, 0.5) is 9.80 Å². The van der Waals surface area contributed by atoms with Crippen molar-refractivity contribution in [2.45, 2.75) is 44.6 Å². The van der Waals surface area contributed by atoms with Crippen molar-refractivity contribution in [1.29, 1.82) is 0 Å². The van der Waals surface area contributed by atoms with E-state index in [0.717, 1.165) is 28.1 Å². The number of nitrogens with two attached hydrogens (primary N) is 2. The zero-order chi connectivity index (χ0) is 16.8. The van der Waals surface area contributed by atoms with Crippen LogP contribution in [0, 0.1) is 0 Å². The van der Waals surface area contributed by atoms with Crippen molar-refractivity contribution in [3.05, 3.63) is 23.0 Å². The summed E-state index contributed by atoms with van der Waals surface area (Å²) < 4.78 is 2.08. The van der Waals surface area contributed by atoms with Crippen LogP contribution in [0.25, 0.3) is 10.4 Å². The molecule has 2 aromatic heterocycles. The Morgan fingerprint density at radius 2 is 2.00 bits per heavy atom. The maximum Gasteiger partial charge on any atom is 0.317 e. The number of nitrogens with zero attached hydrogens (tertiary/aromatic N) is 2. The van der Waals surface area contributed by atoms with E-state index in [9.17, 15) is 9.59 Å². The first-order chi connectivity index (χ1) is 11.5. The van der Waals surface area contributed by atoms with Crippen molar-refractivity contribution < 1.29 is 9.59 Å². The first-order valence-corrected chi connectivity index (χ1v) is 8.96. The summed E-state index contributed by atoms with van der Waals surface area (Å²) in [7, 11) is 0. The van der Waals surface area contributed by atoms with Gasteiger partial charge in [0, 0.05) is 16.6 Å². The van der Waals surface area contributed by atoms with E-state index >= 15 is 0 Å². The maximum atomic E-state index is 11.9. The first kappa shape index (κ1) is 15.2. The van der Waals surface area contributed by atoms with Crippen LogP contribution in [0.15, 0.2) is 6.20 Å². The van der Waals surface area contributed by atoms with Gasteiger partial charge in [-0.1, -0.05) is 12.8 Å². The number of hydrogen-bond donors (Lipinski definition) is 3. The summed E-state index contributed by atoms with van der Waals surface area (Å²) in [6.45, 7) is 0. The van der Waals surface area contributed by atoms with E-state index < -0.39 is 11.9 Å². The molecule has 126 valence electrons. The Morgan fingerprint density at radius 1 is 1.25 bits per heavy atom. The number of primary amides is 2. The van der Waals surface area contributed by atoms with E-state index in [1.54, 1.807) is 0 Å². The van der Waals surface area contributed by atoms with Gasteiger partial charge >= 0.3 is 6.03 Å². The second-order valence-electron chi connectivity index (χ2n) is 6.38. The number of aryl methyl sites for hydroxylation is 1. The summed E-state index contributed by atoms with van der Waals surface area (Å²) in [5.74, 6) is -0.539. The third kappa shape index (κ3) is 2.37. The minimum absolute atomic E-state index is 0.382. The molecule has 0 aliphatic heterocycles. The lowest BCUT2D eigenvalue weighted by Crippen LogP contribution is -2.22. The molecule has 2 aromatic rings. The lowest BCUT2D eigenvalue weighted by molar-refractivity contribution is 0.100. The molecule has 0 bridgehead atoms. The van der Waals surface area contributed by atoms with Gasteiger partial charge in [0.1, 0.15) is 5.00 Å². The van der Waals surface area contributed by atoms with Crippen LogP contribution in [-0.2, 0) is 12.8 Å². The molecular formula is C16H19N5O2S. The Bertz CT molecular complexity index is 832. The number of aromatic nitrogens is 2. The van der Waals surface area contributed by atoms with Crippen molar-refractivity contribution in [2.75, 3.05) is 5.32 Å².